The Kier molecular flexibility index (Phi) is 4.72. The number of rotatable bonds is 5. The van der Waals surface area contributed by atoms with Crippen molar-refractivity contribution in [2.45, 2.75) is 39.3 Å². The molecular weight excluding hydrogens is 226 g/mol. The first-order chi connectivity index (χ1) is 8.66. The maximum absolute atomic E-state index is 4.33. The quantitative estimate of drug-likeness (QED) is 0.849. The lowest BCUT2D eigenvalue weighted by Gasteiger charge is -2.32. The van der Waals surface area contributed by atoms with E-state index in [1.54, 1.807) is 6.33 Å². The van der Waals surface area contributed by atoms with Crippen molar-refractivity contribution in [3.05, 3.63) is 12.2 Å². The molecule has 0 aromatic carbocycles. The van der Waals surface area contributed by atoms with E-state index in [1.165, 1.54) is 32.5 Å². The molecule has 1 aromatic heterocycles. The standard InChI is InChI=1S/C13H25N5/c1-11(2)18(8-12-4-6-14-7-5-12)9-13-15-10-16-17(13)3/h10-12,14H,4-9H2,1-3H3. The lowest BCUT2D eigenvalue weighted by Crippen LogP contribution is -2.39. The Morgan fingerprint density at radius 2 is 2.17 bits per heavy atom. The number of hydrogen-bond acceptors (Lipinski definition) is 4. The second-order valence-electron chi connectivity index (χ2n) is 5.52. The van der Waals surface area contributed by atoms with Gasteiger partial charge >= 0.3 is 0 Å². The fourth-order valence-corrected chi connectivity index (χ4v) is 2.50. The van der Waals surface area contributed by atoms with Gasteiger partial charge in [-0.05, 0) is 45.7 Å². The van der Waals surface area contributed by atoms with Gasteiger partial charge in [0, 0.05) is 19.6 Å². The summed E-state index contributed by atoms with van der Waals surface area (Å²) < 4.78 is 1.87. The molecule has 0 unspecified atom stereocenters. The predicted molar refractivity (Wildman–Crippen MR) is 72.1 cm³/mol. The highest BCUT2D eigenvalue weighted by molar-refractivity contribution is 4.85. The van der Waals surface area contributed by atoms with Crippen molar-refractivity contribution in [1.29, 1.82) is 0 Å². The first-order valence-corrected chi connectivity index (χ1v) is 6.94. The summed E-state index contributed by atoms with van der Waals surface area (Å²) in [5.74, 6) is 1.87. The van der Waals surface area contributed by atoms with E-state index in [4.69, 9.17) is 0 Å². The first-order valence-electron chi connectivity index (χ1n) is 6.94. The van der Waals surface area contributed by atoms with Gasteiger partial charge in [-0.1, -0.05) is 0 Å². The van der Waals surface area contributed by atoms with Crippen molar-refractivity contribution in [3.8, 4) is 0 Å². The van der Waals surface area contributed by atoms with Crippen LogP contribution in [0.4, 0.5) is 0 Å². The van der Waals surface area contributed by atoms with Crippen LogP contribution in [0.1, 0.15) is 32.5 Å². The van der Waals surface area contributed by atoms with Crippen molar-refractivity contribution in [2.24, 2.45) is 13.0 Å². The van der Waals surface area contributed by atoms with E-state index in [0.717, 1.165) is 18.3 Å². The van der Waals surface area contributed by atoms with Crippen molar-refractivity contribution in [2.75, 3.05) is 19.6 Å². The Bertz CT molecular complexity index is 354. The SMILES string of the molecule is CC(C)N(Cc1ncnn1C)CC1CCNCC1. The zero-order chi connectivity index (χ0) is 13.0. The van der Waals surface area contributed by atoms with Crippen LogP contribution < -0.4 is 5.32 Å². The average Bonchev–Trinajstić information content (AvgIpc) is 2.75. The number of nitrogens with zero attached hydrogens (tertiary/aromatic N) is 4. The highest BCUT2D eigenvalue weighted by atomic mass is 15.3. The Hall–Kier alpha value is -0.940. The zero-order valence-electron chi connectivity index (χ0n) is 11.8. The number of aryl methyl sites for hydroxylation is 1. The van der Waals surface area contributed by atoms with Crippen LogP contribution in [-0.4, -0.2) is 45.3 Å². The normalized spacial score (nSPS) is 17.8. The van der Waals surface area contributed by atoms with Gasteiger partial charge in [-0.15, -0.1) is 0 Å². The third-order valence-corrected chi connectivity index (χ3v) is 3.83. The van der Waals surface area contributed by atoms with E-state index >= 15 is 0 Å². The third-order valence-electron chi connectivity index (χ3n) is 3.83. The molecule has 1 aromatic rings. The molecule has 0 bridgehead atoms. The number of piperidine rings is 1. The molecule has 1 aliphatic heterocycles. The third kappa shape index (κ3) is 3.53. The van der Waals surface area contributed by atoms with Gasteiger partial charge in [0.2, 0.25) is 0 Å². The van der Waals surface area contributed by atoms with Gasteiger partial charge < -0.3 is 5.32 Å². The number of nitrogens with one attached hydrogen (secondary N) is 1. The Morgan fingerprint density at radius 1 is 1.44 bits per heavy atom. The second kappa shape index (κ2) is 6.29. The lowest BCUT2D eigenvalue weighted by atomic mass is 9.97. The molecule has 0 saturated carbocycles. The van der Waals surface area contributed by atoms with E-state index in [1.807, 2.05) is 11.7 Å². The maximum Gasteiger partial charge on any atom is 0.140 e. The van der Waals surface area contributed by atoms with E-state index in [0.29, 0.717) is 6.04 Å². The minimum atomic E-state index is 0.552. The van der Waals surface area contributed by atoms with Gasteiger partial charge in [0.25, 0.3) is 0 Å². The molecule has 0 atom stereocenters. The van der Waals surface area contributed by atoms with Crippen molar-refractivity contribution in [1.82, 2.24) is 25.0 Å². The fraction of sp³-hybridized carbons (Fsp3) is 0.846. The highest BCUT2D eigenvalue weighted by Crippen LogP contribution is 2.16. The summed E-state index contributed by atoms with van der Waals surface area (Å²) in [5.41, 5.74) is 0. The largest absolute Gasteiger partial charge is 0.317 e. The summed E-state index contributed by atoms with van der Waals surface area (Å²) in [6, 6.07) is 0.552. The summed E-state index contributed by atoms with van der Waals surface area (Å²) in [6.07, 6.45) is 4.22. The molecule has 1 aliphatic rings. The maximum atomic E-state index is 4.33. The molecule has 0 aliphatic carbocycles. The fourth-order valence-electron chi connectivity index (χ4n) is 2.50. The van der Waals surface area contributed by atoms with Crippen LogP contribution in [0.25, 0.3) is 0 Å². The average molecular weight is 251 g/mol. The van der Waals surface area contributed by atoms with Gasteiger partial charge in [-0.2, -0.15) is 5.10 Å². The zero-order valence-corrected chi connectivity index (χ0v) is 11.8. The molecule has 18 heavy (non-hydrogen) atoms. The molecule has 2 heterocycles. The minimum absolute atomic E-state index is 0.552. The summed E-state index contributed by atoms with van der Waals surface area (Å²) in [5, 5.41) is 7.57. The Balaban J connectivity index is 1.93. The van der Waals surface area contributed by atoms with Crippen LogP contribution in [0, 0.1) is 5.92 Å². The molecule has 1 saturated heterocycles. The molecule has 1 N–H and O–H groups in total. The second-order valence-corrected chi connectivity index (χ2v) is 5.52. The summed E-state index contributed by atoms with van der Waals surface area (Å²) in [4.78, 5) is 6.84. The minimum Gasteiger partial charge on any atom is -0.317 e. The van der Waals surface area contributed by atoms with Gasteiger partial charge in [0.05, 0.1) is 6.54 Å². The van der Waals surface area contributed by atoms with E-state index in [2.05, 4.69) is 34.1 Å². The molecular formula is C13H25N5. The van der Waals surface area contributed by atoms with Crippen LogP contribution in [-0.2, 0) is 13.6 Å². The monoisotopic (exact) mass is 251 g/mol. The van der Waals surface area contributed by atoms with E-state index in [9.17, 15) is 0 Å². The van der Waals surface area contributed by atoms with Crippen LogP contribution >= 0.6 is 0 Å². The lowest BCUT2D eigenvalue weighted by molar-refractivity contribution is 0.156. The van der Waals surface area contributed by atoms with Crippen LogP contribution in [0.2, 0.25) is 0 Å². The molecule has 1 fully saturated rings. The molecule has 5 heteroatoms. The van der Waals surface area contributed by atoms with Crippen molar-refractivity contribution in [3.63, 3.8) is 0 Å². The summed E-state index contributed by atoms with van der Waals surface area (Å²) in [7, 11) is 1.96. The number of hydrogen-bond donors (Lipinski definition) is 1. The summed E-state index contributed by atoms with van der Waals surface area (Å²) in [6.45, 7) is 8.93. The Morgan fingerprint density at radius 3 is 2.72 bits per heavy atom. The van der Waals surface area contributed by atoms with Crippen LogP contribution in [0.15, 0.2) is 6.33 Å². The Labute approximate surface area is 110 Å². The van der Waals surface area contributed by atoms with Gasteiger partial charge in [0.15, 0.2) is 0 Å². The smallest absolute Gasteiger partial charge is 0.140 e. The van der Waals surface area contributed by atoms with Gasteiger partial charge in [0.1, 0.15) is 12.2 Å². The summed E-state index contributed by atoms with van der Waals surface area (Å²) >= 11 is 0. The molecule has 102 valence electrons. The molecule has 2 rings (SSSR count). The molecule has 5 nitrogen and oxygen atoms in total. The topological polar surface area (TPSA) is 46.0 Å². The first kappa shape index (κ1) is 13.5. The highest BCUT2D eigenvalue weighted by Gasteiger charge is 2.20. The molecule has 0 amide bonds. The van der Waals surface area contributed by atoms with E-state index < -0.39 is 0 Å². The van der Waals surface area contributed by atoms with Gasteiger partial charge in [-0.25, -0.2) is 4.98 Å². The van der Waals surface area contributed by atoms with Crippen molar-refractivity contribution >= 4 is 0 Å². The van der Waals surface area contributed by atoms with Crippen LogP contribution in [0.5, 0.6) is 0 Å². The van der Waals surface area contributed by atoms with Crippen LogP contribution in [0.3, 0.4) is 0 Å². The molecule has 0 spiro atoms. The van der Waals surface area contributed by atoms with Gasteiger partial charge in [-0.3, -0.25) is 9.58 Å². The van der Waals surface area contributed by atoms with Crippen molar-refractivity contribution < 1.29 is 0 Å². The number of aromatic nitrogens is 3. The molecule has 0 radical (unpaired) electrons. The van der Waals surface area contributed by atoms with E-state index in [-0.39, 0.29) is 0 Å². The predicted octanol–water partition coefficient (Wildman–Crippen LogP) is 1.03.